The quantitative estimate of drug-likeness (QED) is 0.869. The Morgan fingerprint density at radius 3 is 2.93 bits per heavy atom. The van der Waals surface area contributed by atoms with Crippen LogP contribution in [0, 0.1) is 0 Å². The maximum absolute atomic E-state index is 10.7. The van der Waals surface area contributed by atoms with E-state index >= 15 is 0 Å². The molecule has 1 aromatic carbocycles. The summed E-state index contributed by atoms with van der Waals surface area (Å²) >= 11 is 9.19. The lowest BCUT2D eigenvalue weighted by Crippen LogP contribution is -1.93. The van der Waals surface area contributed by atoms with Crippen molar-refractivity contribution in [3.05, 3.63) is 38.2 Å². The fourth-order valence-corrected chi connectivity index (χ4v) is 1.57. The van der Waals surface area contributed by atoms with Crippen LogP contribution in [0.1, 0.15) is 0 Å². The smallest absolute Gasteiger partial charge is 0.388 e. The van der Waals surface area contributed by atoms with E-state index in [4.69, 9.17) is 16.0 Å². The predicted molar refractivity (Wildman–Crippen MR) is 55.3 cm³/mol. The summed E-state index contributed by atoms with van der Waals surface area (Å²) in [4.78, 5) is 10.7. The van der Waals surface area contributed by atoms with Crippen LogP contribution in [-0.2, 0) is 0 Å². The van der Waals surface area contributed by atoms with Gasteiger partial charge in [0.2, 0.25) is 0 Å². The van der Waals surface area contributed by atoms with E-state index in [2.05, 4.69) is 26.1 Å². The van der Waals surface area contributed by atoms with Gasteiger partial charge in [-0.25, -0.2) is 9.89 Å². The van der Waals surface area contributed by atoms with Gasteiger partial charge in [-0.15, -0.1) is 5.10 Å². The van der Waals surface area contributed by atoms with Crippen molar-refractivity contribution in [2.45, 2.75) is 0 Å². The molecule has 0 radical (unpaired) electrons. The summed E-state index contributed by atoms with van der Waals surface area (Å²) in [6.45, 7) is 0. The van der Waals surface area contributed by atoms with Gasteiger partial charge in [-0.2, -0.15) is 0 Å². The molecule has 0 aliphatic rings. The Bertz CT molecular complexity index is 520. The summed E-state index contributed by atoms with van der Waals surface area (Å²) in [6.07, 6.45) is 0. The van der Waals surface area contributed by atoms with Crippen LogP contribution >= 0.6 is 27.5 Å². The first-order valence-electron chi connectivity index (χ1n) is 3.68. The molecular weight excluding hydrogens is 271 g/mol. The molecule has 0 aliphatic heterocycles. The molecule has 2 rings (SSSR count). The number of nitrogens with zero attached hydrogens (tertiary/aromatic N) is 1. The molecule has 0 saturated heterocycles. The number of H-pyrrole nitrogens is 1. The average molecular weight is 275 g/mol. The molecule has 0 amide bonds. The highest BCUT2D eigenvalue weighted by Gasteiger charge is 2.09. The lowest BCUT2D eigenvalue weighted by molar-refractivity contribution is 0.527. The zero-order valence-electron chi connectivity index (χ0n) is 6.75. The van der Waals surface area contributed by atoms with Crippen molar-refractivity contribution >= 4 is 27.5 Å². The Kier molecular flexibility index (Phi) is 2.43. The Hall–Kier alpha value is -1.07. The van der Waals surface area contributed by atoms with Crippen LogP contribution in [-0.4, -0.2) is 10.2 Å². The number of aromatic amines is 1. The predicted octanol–water partition coefficient (Wildman–Crippen LogP) is 2.45. The van der Waals surface area contributed by atoms with Gasteiger partial charge in [-0.1, -0.05) is 27.5 Å². The summed E-state index contributed by atoms with van der Waals surface area (Å²) in [5.41, 5.74) is 0.569. The molecule has 0 bridgehead atoms. The molecule has 1 heterocycles. The zero-order valence-corrected chi connectivity index (χ0v) is 9.09. The molecule has 0 aliphatic carbocycles. The molecule has 14 heavy (non-hydrogen) atoms. The van der Waals surface area contributed by atoms with E-state index in [1.54, 1.807) is 18.2 Å². The first-order valence-corrected chi connectivity index (χ1v) is 4.85. The minimum Gasteiger partial charge on any atom is -0.388 e. The van der Waals surface area contributed by atoms with Crippen LogP contribution in [0.3, 0.4) is 0 Å². The monoisotopic (exact) mass is 274 g/mol. The van der Waals surface area contributed by atoms with E-state index in [1.807, 2.05) is 0 Å². The van der Waals surface area contributed by atoms with Gasteiger partial charge in [-0.3, -0.25) is 0 Å². The van der Waals surface area contributed by atoms with Crippen LogP contribution in [0.25, 0.3) is 11.5 Å². The number of hydrogen-bond acceptors (Lipinski definition) is 3. The summed E-state index contributed by atoms with van der Waals surface area (Å²) < 4.78 is 5.61. The number of nitrogens with one attached hydrogen (secondary N) is 1. The van der Waals surface area contributed by atoms with Gasteiger partial charge in [0.25, 0.3) is 5.89 Å². The van der Waals surface area contributed by atoms with Crippen LogP contribution < -0.4 is 5.76 Å². The van der Waals surface area contributed by atoms with Crippen molar-refractivity contribution in [1.29, 1.82) is 0 Å². The van der Waals surface area contributed by atoms with Crippen molar-refractivity contribution in [2.75, 3.05) is 0 Å². The van der Waals surface area contributed by atoms with Gasteiger partial charge >= 0.3 is 5.76 Å². The largest absolute Gasteiger partial charge is 0.434 e. The second kappa shape index (κ2) is 3.59. The molecule has 0 fully saturated rings. The van der Waals surface area contributed by atoms with Gasteiger partial charge in [0.05, 0.1) is 10.6 Å². The molecule has 0 unspecified atom stereocenters. The molecule has 0 atom stereocenters. The van der Waals surface area contributed by atoms with Crippen LogP contribution in [0.4, 0.5) is 0 Å². The van der Waals surface area contributed by atoms with Crippen molar-refractivity contribution in [2.24, 2.45) is 0 Å². The van der Waals surface area contributed by atoms with E-state index in [0.29, 0.717) is 10.6 Å². The molecule has 1 N–H and O–H groups in total. The first-order chi connectivity index (χ1) is 6.66. The lowest BCUT2D eigenvalue weighted by Gasteiger charge is -1.98. The number of rotatable bonds is 1. The van der Waals surface area contributed by atoms with E-state index in [0.717, 1.165) is 4.47 Å². The van der Waals surface area contributed by atoms with Gasteiger partial charge in [0.1, 0.15) is 0 Å². The summed E-state index contributed by atoms with van der Waals surface area (Å²) in [7, 11) is 0. The zero-order chi connectivity index (χ0) is 10.1. The number of halogens is 2. The van der Waals surface area contributed by atoms with Gasteiger partial charge in [0.15, 0.2) is 0 Å². The molecule has 2 aromatic rings. The highest BCUT2D eigenvalue weighted by Crippen LogP contribution is 2.28. The maximum atomic E-state index is 10.7. The normalized spacial score (nSPS) is 10.4. The maximum Gasteiger partial charge on any atom is 0.434 e. The molecule has 0 spiro atoms. The van der Waals surface area contributed by atoms with Gasteiger partial charge in [0, 0.05) is 4.47 Å². The third-order valence-corrected chi connectivity index (χ3v) is 2.42. The molecule has 4 nitrogen and oxygen atoms in total. The van der Waals surface area contributed by atoms with Crippen LogP contribution in [0.2, 0.25) is 5.02 Å². The Labute approximate surface area is 92.0 Å². The fourth-order valence-electron chi connectivity index (χ4n) is 1.01. The van der Waals surface area contributed by atoms with E-state index < -0.39 is 5.76 Å². The van der Waals surface area contributed by atoms with Crippen molar-refractivity contribution in [3.8, 4) is 11.5 Å². The number of hydrogen-bond donors (Lipinski definition) is 1. The number of benzene rings is 1. The molecule has 6 heteroatoms. The standard InChI is InChI=1S/C8H4BrClN2O2/c9-4-1-2-6(10)5(3-4)7-11-12-8(13)14-7/h1-3H,(H,12,13). The highest BCUT2D eigenvalue weighted by molar-refractivity contribution is 9.10. The highest BCUT2D eigenvalue weighted by atomic mass is 79.9. The first kappa shape index (κ1) is 9.48. The Morgan fingerprint density at radius 2 is 2.29 bits per heavy atom. The van der Waals surface area contributed by atoms with Crippen molar-refractivity contribution in [1.82, 2.24) is 10.2 Å². The average Bonchev–Trinajstić information content (AvgIpc) is 2.56. The van der Waals surface area contributed by atoms with Gasteiger partial charge in [-0.05, 0) is 18.2 Å². The molecule has 1 aromatic heterocycles. The van der Waals surface area contributed by atoms with Crippen molar-refractivity contribution < 1.29 is 4.42 Å². The lowest BCUT2D eigenvalue weighted by atomic mass is 10.2. The van der Waals surface area contributed by atoms with Gasteiger partial charge < -0.3 is 4.42 Å². The second-order valence-electron chi connectivity index (χ2n) is 2.54. The summed E-state index contributed by atoms with van der Waals surface area (Å²) in [5, 5.41) is 6.32. The second-order valence-corrected chi connectivity index (χ2v) is 3.87. The number of aromatic nitrogens is 2. The van der Waals surface area contributed by atoms with Crippen molar-refractivity contribution in [3.63, 3.8) is 0 Å². The minimum atomic E-state index is -0.601. The summed E-state index contributed by atoms with van der Waals surface area (Å²) in [5.74, 6) is -0.419. The topological polar surface area (TPSA) is 58.9 Å². The Balaban J connectivity index is 2.61. The third-order valence-electron chi connectivity index (χ3n) is 1.60. The van der Waals surface area contributed by atoms with E-state index in [9.17, 15) is 4.79 Å². The third kappa shape index (κ3) is 1.73. The molecule has 0 saturated carbocycles. The molecule has 72 valence electrons. The van der Waals surface area contributed by atoms with E-state index in [-0.39, 0.29) is 5.89 Å². The van der Waals surface area contributed by atoms with Crippen LogP contribution in [0.5, 0.6) is 0 Å². The fraction of sp³-hybridized carbons (Fsp3) is 0. The van der Waals surface area contributed by atoms with Crippen LogP contribution in [0.15, 0.2) is 31.9 Å². The Morgan fingerprint density at radius 1 is 1.50 bits per heavy atom. The SMILES string of the molecule is O=c1[nH]nc(-c2cc(Br)ccc2Cl)o1. The van der Waals surface area contributed by atoms with E-state index in [1.165, 1.54) is 0 Å². The molecular formula is C8H4BrClN2O2. The minimum absolute atomic E-state index is 0.182. The summed E-state index contributed by atoms with van der Waals surface area (Å²) in [6, 6.07) is 5.20.